The van der Waals surface area contributed by atoms with Crippen molar-refractivity contribution in [1.29, 1.82) is 5.26 Å². The van der Waals surface area contributed by atoms with Gasteiger partial charge in [-0.3, -0.25) is 9.69 Å². The SMILES string of the molecule is Cc1c(N2CCN(CCC3CCC(NC(=O)CCCC#N)CC3)CC2)cccc1C(F)(F)F. The van der Waals surface area contributed by atoms with Crippen molar-refractivity contribution in [2.45, 2.75) is 70.5 Å². The molecule has 1 aromatic carbocycles. The van der Waals surface area contributed by atoms with Gasteiger partial charge in [0.2, 0.25) is 5.91 Å². The highest BCUT2D eigenvalue weighted by atomic mass is 19.4. The van der Waals surface area contributed by atoms with E-state index in [-0.39, 0.29) is 11.9 Å². The van der Waals surface area contributed by atoms with Gasteiger partial charge >= 0.3 is 6.18 Å². The van der Waals surface area contributed by atoms with E-state index in [0.29, 0.717) is 36.4 Å². The van der Waals surface area contributed by atoms with Gasteiger partial charge in [-0.15, -0.1) is 0 Å². The minimum absolute atomic E-state index is 0.0579. The van der Waals surface area contributed by atoms with E-state index in [0.717, 1.165) is 70.9 Å². The highest BCUT2D eigenvalue weighted by molar-refractivity contribution is 5.76. The molecule has 0 bridgehead atoms. The zero-order valence-electron chi connectivity index (χ0n) is 19.5. The Labute approximate surface area is 194 Å². The molecule has 0 atom stereocenters. The Morgan fingerprint density at radius 2 is 1.85 bits per heavy atom. The van der Waals surface area contributed by atoms with E-state index < -0.39 is 11.7 Å². The van der Waals surface area contributed by atoms with Crippen LogP contribution in [0.25, 0.3) is 0 Å². The normalized spacial score (nSPS) is 22.1. The van der Waals surface area contributed by atoms with E-state index in [2.05, 4.69) is 21.2 Å². The zero-order valence-corrected chi connectivity index (χ0v) is 19.5. The number of hydrogen-bond acceptors (Lipinski definition) is 4. The fourth-order valence-corrected chi connectivity index (χ4v) is 5.07. The van der Waals surface area contributed by atoms with Crippen LogP contribution in [0.2, 0.25) is 0 Å². The zero-order chi connectivity index (χ0) is 23.8. The second-order valence-electron chi connectivity index (χ2n) is 9.36. The first-order valence-electron chi connectivity index (χ1n) is 12.1. The Balaban J connectivity index is 1.37. The molecule has 8 heteroatoms. The Kier molecular flexibility index (Phi) is 9.02. The van der Waals surface area contributed by atoms with E-state index in [1.807, 2.05) is 0 Å². The van der Waals surface area contributed by atoms with E-state index in [9.17, 15) is 18.0 Å². The molecule has 1 saturated heterocycles. The van der Waals surface area contributed by atoms with Crippen molar-refractivity contribution in [1.82, 2.24) is 10.2 Å². The van der Waals surface area contributed by atoms with Crippen LogP contribution in [0.3, 0.4) is 0 Å². The van der Waals surface area contributed by atoms with Gasteiger partial charge < -0.3 is 10.2 Å². The molecular weight excluding hydrogens is 429 g/mol. The summed E-state index contributed by atoms with van der Waals surface area (Å²) in [7, 11) is 0. The Bertz CT molecular complexity index is 820. The summed E-state index contributed by atoms with van der Waals surface area (Å²) in [4.78, 5) is 16.4. The first-order valence-corrected chi connectivity index (χ1v) is 12.1. The fraction of sp³-hybridized carbons (Fsp3) is 0.680. The van der Waals surface area contributed by atoms with Crippen LogP contribution < -0.4 is 10.2 Å². The molecule has 182 valence electrons. The van der Waals surface area contributed by atoms with Crippen molar-refractivity contribution in [3.63, 3.8) is 0 Å². The van der Waals surface area contributed by atoms with Crippen LogP contribution in [0, 0.1) is 24.2 Å². The number of nitrogens with zero attached hydrogens (tertiary/aromatic N) is 3. The van der Waals surface area contributed by atoms with Gasteiger partial charge in [-0.25, -0.2) is 0 Å². The largest absolute Gasteiger partial charge is 0.416 e. The predicted octanol–water partition coefficient (Wildman–Crippen LogP) is 4.89. The number of carbonyl (C=O) groups excluding carboxylic acids is 1. The molecule has 1 heterocycles. The number of anilines is 1. The molecule has 1 aromatic rings. The second kappa shape index (κ2) is 11.7. The maximum absolute atomic E-state index is 13.2. The third kappa shape index (κ3) is 7.36. The summed E-state index contributed by atoms with van der Waals surface area (Å²) >= 11 is 0. The number of carbonyl (C=O) groups is 1. The number of piperazine rings is 1. The molecule has 1 aliphatic heterocycles. The molecule has 33 heavy (non-hydrogen) atoms. The van der Waals surface area contributed by atoms with Gasteiger partial charge in [-0.1, -0.05) is 6.07 Å². The topological polar surface area (TPSA) is 59.4 Å². The average Bonchev–Trinajstić information content (AvgIpc) is 2.79. The van der Waals surface area contributed by atoms with Gasteiger partial charge in [0.15, 0.2) is 0 Å². The molecular formula is C25H35F3N4O. The van der Waals surface area contributed by atoms with E-state index in [1.54, 1.807) is 13.0 Å². The van der Waals surface area contributed by atoms with Gasteiger partial charge in [0.1, 0.15) is 0 Å². The molecule has 0 aromatic heterocycles. The molecule has 0 unspecified atom stereocenters. The van der Waals surface area contributed by atoms with Crippen LogP contribution in [-0.4, -0.2) is 49.6 Å². The molecule has 0 spiro atoms. The van der Waals surface area contributed by atoms with Crippen LogP contribution in [-0.2, 0) is 11.0 Å². The summed E-state index contributed by atoms with van der Waals surface area (Å²) in [6.45, 7) is 5.80. The average molecular weight is 465 g/mol. The molecule has 1 aliphatic carbocycles. The monoisotopic (exact) mass is 464 g/mol. The Morgan fingerprint density at radius 3 is 2.48 bits per heavy atom. The summed E-state index contributed by atoms with van der Waals surface area (Å²) in [6.07, 6.45) is 2.55. The van der Waals surface area contributed by atoms with Crippen molar-refractivity contribution in [2.75, 3.05) is 37.6 Å². The summed E-state index contributed by atoms with van der Waals surface area (Å²) in [6, 6.07) is 6.78. The summed E-state index contributed by atoms with van der Waals surface area (Å²) in [5.41, 5.74) is 0.459. The lowest BCUT2D eigenvalue weighted by Gasteiger charge is -2.38. The van der Waals surface area contributed by atoms with Crippen LogP contribution in [0.4, 0.5) is 18.9 Å². The third-order valence-electron chi connectivity index (χ3n) is 7.08. The molecule has 1 N–H and O–H groups in total. The molecule has 1 saturated carbocycles. The standard InChI is InChI=1S/C25H35F3N4O/c1-19-22(25(26,27)28)5-4-6-23(19)32-17-15-31(16-18-32)14-12-20-8-10-21(11-9-20)30-24(33)7-2-3-13-29/h4-6,20-21H,2-3,7-12,14-18H2,1H3,(H,30,33). The minimum atomic E-state index is -4.32. The molecule has 0 radical (unpaired) electrons. The van der Waals surface area contributed by atoms with Crippen molar-refractivity contribution in [2.24, 2.45) is 5.92 Å². The highest BCUT2D eigenvalue weighted by Crippen LogP contribution is 2.36. The number of amides is 1. The fourth-order valence-electron chi connectivity index (χ4n) is 5.07. The number of hydrogen-bond donors (Lipinski definition) is 1. The van der Waals surface area contributed by atoms with Gasteiger partial charge in [0.25, 0.3) is 0 Å². The van der Waals surface area contributed by atoms with Crippen molar-refractivity contribution >= 4 is 11.6 Å². The minimum Gasteiger partial charge on any atom is -0.369 e. The van der Waals surface area contributed by atoms with Gasteiger partial charge in [-0.05, 0) is 75.6 Å². The number of rotatable bonds is 8. The summed E-state index contributed by atoms with van der Waals surface area (Å²) in [5.74, 6) is 0.725. The van der Waals surface area contributed by atoms with Crippen molar-refractivity contribution in [3.05, 3.63) is 29.3 Å². The smallest absolute Gasteiger partial charge is 0.369 e. The maximum atomic E-state index is 13.2. The lowest BCUT2D eigenvalue weighted by atomic mass is 9.84. The molecule has 1 amide bonds. The first kappa shape index (κ1) is 25.4. The second-order valence-corrected chi connectivity index (χ2v) is 9.36. The molecule has 5 nitrogen and oxygen atoms in total. The lowest BCUT2D eigenvalue weighted by Crippen LogP contribution is -2.47. The lowest BCUT2D eigenvalue weighted by molar-refractivity contribution is -0.138. The van der Waals surface area contributed by atoms with Gasteiger partial charge in [0.05, 0.1) is 11.6 Å². The molecule has 2 fully saturated rings. The molecule has 3 rings (SSSR count). The van der Waals surface area contributed by atoms with Gasteiger partial charge in [0, 0.05) is 50.7 Å². The maximum Gasteiger partial charge on any atom is 0.416 e. The Morgan fingerprint density at radius 1 is 1.15 bits per heavy atom. The van der Waals surface area contributed by atoms with E-state index in [4.69, 9.17) is 5.26 Å². The van der Waals surface area contributed by atoms with Crippen LogP contribution >= 0.6 is 0 Å². The highest BCUT2D eigenvalue weighted by Gasteiger charge is 2.34. The third-order valence-corrected chi connectivity index (χ3v) is 7.08. The Hall–Kier alpha value is -2.27. The summed E-state index contributed by atoms with van der Waals surface area (Å²) < 4.78 is 39.7. The van der Waals surface area contributed by atoms with Crippen LogP contribution in [0.1, 0.15) is 62.5 Å². The number of alkyl halides is 3. The molecule has 2 aliphatic rings. The number of benzene rings is 1. The van der Waals surface area contributed by atoms with Crippen molar-refractivity contribution in [3.8, 4) is 6.07 Å². The number of nitrogens with one attached hydrogen (secondary N) is 1. The quantitative estimate of drug-likeness (QED) is 0.557. The van der Waals surface area contributed by atoms with Crippen molar-refractivity contribution < 1.29 is 18.0 Å². The summed E-state index contributed by atoms with van der Waals surface area (Å²) in [5, 5.41) is 11.7. The predicted molar refractivity (Wildman–Crippen MR) is 123 cm³/mol. The van der Waals surface area contributed by atoms with E-state index in [1.165, 1.54) is 6.07 Å². The number of nitriles is 1. The number of halogens is 3. The van der Waals surface area contributed by atoms with Crippen LogP contribution in [0.15, 0.2) is 18.2 Å². The number of unbranched alkanes of at least 4 members (excludes halogenated alkanes) is 1. The van der Waals surface area contributed by atoms with E-state index >= 15 is 0 Å². The van der Waals surface area contributed by atoms with Crippen LogP contribution in [0.5, 0.6) is 0 Å². The van der Waals surface area contributed by atoms with Gasteiger partial charge in [-0.2, -0.15) is 18.4 Å². The first-order chi connectivity index (χ1) is 15.8.